The molecule has 1 amide bonds. The lowest BCUT2D eigenvalue weighted by Crippen LogP contribution is -2.17. The van der Waals surface area contributed by atoms with Crippen LogP contribution in [0.3, 0.4) is 0 Å². The fourth-order valence-electron chi connectivity index (χ4n) is 2.90. The van der Waals surface area contributed by atoms with Crippen molar-refractivity contribution in [2.24, 2.45) is 0 Å². The standard InChI is InChI=1S/C20H21ClN4O/c1-3-17(22-2)16-9-5-10-18(19(16)21)24-20(26)14-7-4-8-15(13-14)25-12-6-11-23-25/h4-13,17,22H,3H2,1-2H3,(H,24,26). The van der Waals surface area contributed by atoms with Gasteiger partial charge in [-0.3, -0.25) is 4.79 Å². The van der Waals surface area contributed by atoms with E-state index in [0.29, 0.717) is 16.3 Å². The van der Waals surface area contributed by atoms with Gasteiger partial charge in [0.25, 0.3) is 5.91 Å². The number of nitrogens with zero attached hydrogens (tertiary/aromatic N) is 2. The minimum absolute atomic E-state index is 0.141. The van der Waals surface area contributed by atoms with E-state index in [1.807, 2.05) is 49.6 Å². The topological polar surface area (TPSA) is 58.9 Å². The van der Waals surface area contributed by atoms with E-state index in [-0.39, 0.29) is 11.9 Å². The Balaban J connectivity index is 1.85. The Morgan fingerprint density at radius 2 is 2.04 bits per heavy atom. The largest absolute Gasteiger partial charge is 0.321 e. The molecule has 0 saturated heterocycles. The van der Waals surface area contributed by atoms with Gasteiger partial charge >= 0.3 is 0 Å². The second kappa shape index (κ2) is 8.17. The van der Waals surface area contributed by atoms with E-state index in [9.17, 15) is 4.79 Å². The minimum atomic E-state index is -0.212. The van der Waals surface area contributed by atoms with Gasteiger partial charge in [0, 0.05) is 24.0 Å². The number of halogens is 1. The summed E-state index contributed by atoms with van der Waals surface area (Å²) in [5.74, 6) is -0.212. The summed E-state index contributed by atoms with van der Waals surface area (Å²) in [6, 6.07) is 15.0. The molecule has 3 aromatic rings. The van der Waals surface area contributed by atoms with Crippen LogP contribution in [0, 0.1) is 0 Å². The van der Waals surface area contributed by atoms with Crippen molar-refractivity contribution in [3.05, 3.63) is 77.1 Å². The maximum absolute atomic E-state index is 12.7. The number of anilines is 1. The molecule has 2 N–H and O–H groups in total. The molecule has 26 heavy (non-hydrogen) atoms. The summed E-state index contributed by atoms with van der Waals surface area (Å²) < 4.78 is 1.71. The molecule has 3 rings (SSSR count). The van der Waals surface area contributed by atoms with Crippen LogP contribution in [-0.4, -0.2) is 22.7 Å². The zero-order valence-electron chi connectivity index (χ0n) is 14.7. The summed E-state index contributed by atoms with van der Waals surface area (Å²) in [4.78, 5) is 12.7. The number of aromatic nitrogens is 2. The maximum Gasteiger partial charge on any atom is 0.255 e. The fraction of sp³-hybridized carbons (Fsp3) is 0.200. The zero-order valence-corrected chi connectivity index (χ0v) is 15.5. The molecule has 0 spiro atoms. The van der Waals surface area contributed by atoms with Crippen LogP contribution in [0.2, 0.25) is 5.02 Å². The van der Waals surface area contributed by atoms with Crippen molar-refractivity contribution >= 4 is 23.2 Å². The number of amides is 1. The highest BCUT2D eigenvalue weighted by atomic mass is 35.5. The second-order valence-corrected chi connectivity index (χ2v) is 6.29. The molecule has 0 radical (unpaired) electrons. The van der Waals surface area contributed by atoms with Gasteiger partial charge in [0.15, 0.2) is 0 Å². The van der Waals surface area contributed by atoms with Gasteiger partial charge in [-0.2, -0.15) is 5.10 Å². The minimum Gasteiger partial charge on any atom is -0.321 e. The average molecular weight is 369 g/mol. The molecule has 1 atom stereocenters. The maximum atomic E-state index is 12.7. The predicted octanol–water partition coefficient (Wildman–Crippen LogP) is 4.45. The smallest absolute Gasteiger partial charge is 0.255 e. The van der Waals surface area contributed by atoms with E-state index in [2.05, 4.69) is 22.7 Å². The highest BCUT2D eigenvalue weighted by Crippen LogP contribution is 2.31. The first-order valence-corrected chi connectivity index (χ1v) is 8.89. The lowest BCUT2D eigenvalue weighted by molar-refractivity contribution is 0.102. The summed E-state index contributed by atoms with van der Waals surface area (Å²) in [5, 5.41) is 10.9. The van der Waals surface area contributed by atoms with Gasteiger partial charge in [-0.15, -0.1) is 0 Å². The first-order valence-electron chi connectivity index (χ1n) is 8.51. The monoisotopic (exact) mass is 368 g/mol. The summed E-state index contributed by atoms with van der Waals surface area (Å²) in [5.41, 5.74) is 2.94. The Morgan fingerprint density at radius 3 is 2.73 bits per heavy atom. The second-order valence-electron chi connectivity index (χ2n) is 5.91. The van der Waals surface area contributed by atoms with Gasteiger partial charge in [0.2, 0.25) is 0 Å². The third kappa shape index (κ3) is 3.79. The number of nitrogens with one attached hydrogen (secondary N) is 2. The highest BCUT2D eigenvalue weighted by Gasteiger charge is 2.16. The van der Waals surface area contributed by atoms with Crippen LogP contribution in [0.1, 0.15) is 35.3 Å². The Morgan fingerprint density at radius 1 is 1.23 bits per heavy atom. The van der Waals surface area contributed by atoms with Gasteiger partial charge in [-0.1, -0.05) is 36.7 Å². The molecule has 0 bridgehead atoms. The number of carbonyl (C=O) groups is 1. The molecule has 0 aliphatic heterocycles. The molecule has 134 valence electrons. The van der Waals surface area contributed by atoms with Gasteiger partial charge in [0.1, 0.15) is 0 Å². The molecule has 5 nitrogen and oxygen atoms in total. The van der Waals surface area contributed by atoms with Crippen molar-refractivity contribution in [3.8, 4) is 5.69 Å². The fourth-order valence-corrected chi connectivity index (χ4v) is 3.21. The quantitative estimate of drug-likeness (QED) is 0.675. The van der Waals surface area contributed by atoms with E-state index < -0.39 is 0 Å². The first-order chi connectivity index (χ1) is 12.6. The van der Waals surface area contributed by atoms with Crippen LogP contribution in [0.4, 0.5) is 5.69 Å². The molecular weight excluding hydrogens is 348 g/mol. The number of benzene rings is 2. The van der Waals surface area contributed by atoms with Crippen LogP contribution >= 0.6 is 11.6 Å². The zero-order chi connectivity index (χ0) is 18.5. The van der Waals surface area contributed by atoms with E-state index in [4.69, 9.17) is 11.6 Å². The van der Waals surface area contributed by atoms with Crippen molar-refractivity contribution in [2.75, 3.05) is 12.4 Å². The van der Waals surface area contributed by atoms with Crippen LogP contribution in [-0.2, 0) is 0 Å². The summed E-state index contributed by atoms with van der Waals surface area (Å²) >= 11 is 6.54. The van der Waals surface area contributed by atoms with Crippen molar-refractivity contribution in [1.29, 1.82) is 0 Å². The van der Waals surface area contributed by atoms with Gasteiger partial charge in [-0.05, 0) is 49.4 Å². The lowest BCUT2D eigenvalue weighted by atomic mass is 10.0. The molecule has 0 aliphatic carbocycles. The van der Waals surface area contributed by atoms with Gasteiger partial charge in [0.05, 0.1) is 16.4 Å². The Hall–Kier alpha value is -2.63. The lowest BCUT2D eigenvalue weighted by Gasteiger charge is -2.18. The van der Waals surface area contributed by atoms with Crippen molar-refractivity contribution in [1.82, 2.24) is 15.1 Å². The summed E-state index contributed by atoms with van der Waals surface area (Å²) in [6.45, 7) is 2.09. The summed E-state index contributed by atoms with van der Waals surface area (Å²) in [7, 11) is 1.90. The molecule has 6 heteroatoms. The molecular formula is C20H21ClN4O. The van der Waals surface area contributed by atoms with Crippen molar-refractivity contribution in [3.63, 3.8) is 0 Å². The van der Waals surface area contributed by atoms with Crippen molar-refractivity contribution < 1.29 is 4.79 Å². The third-order valence-corrected chi connectivity index (χ3v) is 4.71. The van der Waals surface area contributed by atoms with Gasteiger partial charge in [-0.25, -0.2) is 4.68 Å². The van der Waals surface area contributed by atoms with E-state index in [1.54, 1.807) is 23.0 Å². The molecule has 2 aromatic carbocycles. The molecule has 0 fully saturated rings. The van der Waals surface area contributed by atoms with Crippen LogP contribution in [0.5, 0.6) is 0 Å². The molecule has 0 saturated carbocycles. The average Bonchev–Trinajstić information content (AvgIpc) is 3.20. The van der Waals surface area contributed by atoms with E-state index in [0.717, 1.165) is 17.7 Å². The normalized spacial score (nSPS) is 12.0. The number of hydrogen-bond donors (Lipinski definition) is 2. The SMILES string of the molecule is CCC(NC)c1cccc(NC(=O)c2cccc(-n3cccn3)c2)c1Cl. The molecule has 1 unspecified atom stereocenters. The highest BCUT2D eigenvalue weighted by molar-refractivity contribution is 6.34. The predicted molar refractivity (Wildman–Crippen MR) is 105 cm³/mol. The van der Waals surface area contributed by atoms with E-state index >= 15 is 0 Å². The number of carbonyl (C=O) groups excluding carboxylic acids is 1. The molecule has 0 aliphatic rings. The molecule has 1 heterocycles. The Kier molecular flexibility index (Phi) is 5.71. The third-order valence-electron chi connectivity index (χ3n) is 4.29. The van der Waals surface area contributed by atoms with Gasteiger partial charge < -0.3 is 10.6 Å². The Labute approximate surface area is 158 Å². The van der Waals surface area contributed by atoms with Crippen molar-refractivity contribution in [2.45, 2.75) is 19.4 Å². The van der Waals surface area contributed by atoms with Crippen LogP contribution < -0.4 is 10.6 Å². The number of rotatable bonds is 6. The first kappa shape index (κ1) is 18.2. The summed E-state index contributed by atoms with van der Waals surface area (Å²) in [6.07, 6.45) is 4.43. The number of hydrogen-bond acceptors (Lipinski definition) is 3. The van der Waals surface area contributed by atoms with E-state index in [1.165, 1.54) is 0 Å². The van der Waals surface area contributed by atoms with Crippen LogP contribution in [0.15, 0.2) is 60.9 Å². The molecule has 1 aromatic heterocycles. The van der Waals surface area contributed by atoms with Crippen LogP contribution in [0.25, 0.3) is 5.69 Å². The Bertz CT molecular complexity index is 889.